The molecule has 1 heterocycles. The fourth-order valence-electron chi connectivity index (χ4n) is 1.18. The van der Waals surface area contributed by atoms with Gasteiger partial charge in [0.05, 0.1) is 25.9 Å². The number of ether oxygens (including phenoxy) is 2. The van der Waals surface area contributed by atoms with Gasteiger partial charge in [0.15, 0.2) is 0 Å². The number of hydrogen-bond donors (Lipinski definition) is 0. The lowest BCUT2D eigenvalue weighted by Crippen LogP contribution is -2.30. The van der Waals surface area contributed by atoms with Crippen LogP contribution in [0.3, 0.4) is 0 Å². The second-order valence-corrected chi connectivity index (χ2v) is 3.71. The van der Waals surface area contributed by atoms with Crippen LogP contribution in [0.15, 0.2) is 0 Å². The quantitative estimate of drug-likeness (QED) is 0.679. The molecular weight excluding hydrogens is 208 g/mol. The summed E-state index contributed by atoms with van der Waals surface area (Å²) in [6.45, 7) is 4.52. The van der Waals surface area contributed by atoms with Gasteiger partial charge in [0, 0.05) is 5.33 Å². The van der Waals surface area contributed by atoms with E-state index in [1.54, 1.807) is 0 Å². The molecule has 1 aliphatic heterocycles. The molecule has 1 aliphatic rings. The van der Waals surface area contributed by atoms with Gasteiger partial charge in [-0.25, -0.2) is 0 Å². The Bertz CT molecular complexity index is 102. The molecule has 2 nitrogen and oxygen atoms in total. The van der Waals surface area contributed by atoms with Crippen LogP contribution >= 0.6 is 15.9 Å². The first kappa shape index (κ1) is 9.49. The minimum atomic E-state index is 0.330. The van der Waals surface area contributed by atoms with Crippen LogP contribution in [0.4, 0.5) is 0 Å². The minimum Gasteiger partial charge on any atom is -0.376 e. The number of alkyl halides is 1. The van der Waals surface area contributed by atoms with Crippen LogP contribution in [0.2, 0.25) is 0 Å². The molecule has 66 valence electrons. The molecular formula is C8H15BrO2. The maximum Gasteiger partial charge on any atom is 0.0812 e. The van der Waals surface area contributed by atoms with Gasteiger partial charge in [0.1, 0.15) is 0 Å². The van der Waals surface area contributed by atoms with E-state index in [1.807, 2.05) is 0 Å². The van der Waals surface area contributed by atoms with Crippen molar-refractivity contribution in [2.45, 2.75) is 19.4 Å². The predicted molar refractivity (Wildman–Crippen MR) is 48.1 cm³/mol. The van der Waals surface area contributed by atoms with Crippen molar-refractivity contribution < 1.29 is 9.47 Å². The average Bonchev–Trinajstić information content (AvgIpc) is 2.06. The van der Waals surface area contributed by atoms with Crippen LogP contribution in [0.1, 0.15) is 13.3 Å². The summed E-state index contributed by atoms with van der Waals surface area (Å²) in [5.74, 6) is 0.682. The molecule has 0 aliphatic carbocycles. The van der Waals surface area contributed by atoms with E-state index >= 15 is 0 Å². The van der Waals surface area contributed by atoms with E-state index in [0.717, 1.165) is 31.6 Å². The first-order valence-corrected chi connectivity index (χ1v) is 5.20. The van der Waals surface area contributed by atoms with Crippen LogP contribution in [0, 0.1) is 5.92 Å². The summed E-state index contributed by atoms with van der Waals surface area (Å²) >= 11 is 3.45. The molecule has 0 amide bonds. The highest BCUT2D eigenvalue weighted by molar-refractivity contribution is 9.09. The molecule has 0 spiro atoms. The molecule has 11 heavy (non-hydrogen) atoms. The Morgan fingerprint density at radius 1 is 1.55 bits per heavy atom. The maximum atomic E-state index is 5.50. The fourth-order valence-corrected chi connectivity index (χ4v) is 1.45. The van der Waals surface area contributed by atoms with Gasteiger partial charge in [0.2, 0.25) is 0 Å². The van der Waals surface area contributed by atoms with E-state index in [9.17, 15) is 0 Å². The normalized spacial score (nSPS) is 28.4. The molecule has 1 fully saturated rings. The van der Waals surface area contributed by atoms with Crippen molar-refractivity contribution in [3.8, 4) is 0 Å². The van der Waals surface area contributed by atoms with Crippen molar-refractivity contribution >= 4 is 15.9 Å². The summed E-state index contributed by atoms with van der Waals surface area (Å²) in [4.78, 5) is 0. The first-order valence-electron chi connectivity index (χ1n) is 4.08. The summed E-state index contributed by atoms with van der Waals surface area (Å²) in [5.41, 5.74) is 0. The standard InChI is InChI=1S/C8H15BrO2/c1-7(5-9)4-8-6-10-2-3-11-8/h7-8H,2-6H2,1H3. The average molecular weight is 223 g/mol. The Morgan fingerprint density at radius 3 is 2.91 bits per heavy atom. The van der Waals surface area contributed by atoms with Gasteiger partial charge >= 0.3 is 0 Å². The third kappa shape index (κ3) is 3.54. The Kier molecular flexibility index (Phi) is 4.41. The highest BCUT2D eigenvalue weighted by Crippen LogP contribution is 2.13. The minimum absolute atomic E-state index is 0.330. The van der Waals surface area contributed by atoms with Crippen molar-refractivity contribution in [1.82, 2.24) is 0 Å². The highest BCUT2D eigenvalue weighted by Gasteiger charge is 2.16. The van der Waals surface area contributed by atoms with Crippen LogP contribution in [0.5, 0.6) is 0 Å². The zero-order valence-corrected chi connectivity index (χ0v) is 8.47. The van der Waals surface area contributed by atoms with E-state index < -0.39 is 0 Å². The first-order chi connectivity index (χ1) is 5.33. The van der Waals surface area contributed by atoms with Crippen molar-refractivity contribution in [3.05, 3.63) is 0 Å². The van der Waals surface area contributed by atoms with Crippen LogP contribution in [-0.2, 0) is 9.47 Å². The molecule has 1 rings (SSSR count). The van der Waals surface area contributed by atoms with Gasteiger partial charge < -0.3 is 9.47 Å². The smallest absolute Gasteiger partial charge is 0.0812 e. The van der Waals surface area contributed by atoms with Crippen molar-refractivity contribution in [2.24, 2.45) is 5.92 Å². The zero-order valence-electron chi connectivity index (χ0n) is 6.88. The van der Waals surface area contributed by atoms with Crippen LogP contribution in [0.25, 0.3) is 0 Å². The summed E-state index contributed by atoms with van der Waals surface area (Å²) in [7, 11) is 0. The summed E-state index contributed by atoms with van der Waals surface area (Å²) < 4.78 is 10.8. The van der Waals surface area contributed by atoms with E-state index in [2.05, 4.69) is 22.9 Å². The molecule has 0 aromatic carbocycles. The van der Waals surface area contributed by atoms with Gasteiger partial charge in [-0.15, -0.1) is 0 Å². The molecule has 2 unspecified atom stereocenters. The number of halogens is 1. The van der Waals surface area contributed by atoms with Crippen molar-refractivity contribution in [3.63, 3.8) is 0 Å². The molecule has 3 heteroatoms. The van der Waals surface area contributed by atoms with Gasteiger partial charge in [-0.1, -0.05) is 22.9 Å². The third-order valence-electron chi connectivity index (χ3n) is 1.81. The van der Waals surface area contributed by atoms with Crippen LogP contribution < -0.4 is 0 Å². The lowest BCUT2D eigenvalue weighted by molar-refractivity contribution is -0.0941. The number of rotatable bonds is 3. The van der Waals surface area contributed by atoms with Gasteiger partial charge in [-0.3, -0.25) is 0 Å². The largest absolute Gasteiger partial charge is 0.376 e. The van der Waals surface area contributed by atoms with E-state index in [0.29, 0.717) is 12.0 Å². The lowest BCUT2D eigenvalue weighted by atomic mass is 10.1. The Morgan fingerprint density at radius 2 is 2.36 bits per heavy atom. The molecule has 0 bridgehead atoms. The van der Waals surface area contributed by atoms with E-state index in [-0.39, 0.29) is 0 Å². The van der Waals surface area contributed by atoms with E-state index in [1.165, 1.54) is 0 Å². The summed E-state index contributed by atoms with van der Waals surface area (Å²) in [6.07, 6.45) is 1.43. The van der Waals surface area contributed by atoms with Crippen molar-refractivity contribution in [1.29, 1.82) is 0 Å². The Hall–Kier alpha value is 0.400. The van der Waals surface area contributed by atoms with Gasteiger partial charge in [-0.05, 0) is 12.3 Å². The Labute approximate surface area is 76.4 Å². The third-order valence-corrected chi connectivity index (χ3v) is 2.92. The fraction of sp³-hybridized carbons (Fsp3) is 1.00. The van der Waals surface area contributed by atoms with Gasteiger partial charge in [-0.2, -0.15) is 0 Å². The molecule has 0 aromatic heterocycles. The van der Waals surface area contributed by atoms with Crippen LogP contribution in [-0.4, -0.2) is 31.3 Å². The zero-order chi connectivity index (χ0) is 8.10. The highest BCUT2D eigenvalue weighted by atomic mass is 79.9. The Balaban J connectivity index is 2.13. The molecule has 0 saturated carbocycles. The van der Waals surface area contributed by atoms with Crippen molar-refractivity contribution in [2.75, 3.05) is 25.2 Å². The number of hydrogen-bond acceptors (Lipinski definition) is 2. The molecule has 1 saturated heterocycles. The molecule has 0 aromatic rings. The SMILES string of the molecule is CC(CBr)CC1COCCO1. The van der Waals surface area contributed by atoms with E-state index in [4.69, 9.17) is 9.47 Å². The summed E-state index contributed by atoms with van der Waals surface area (Å²) in [5, 5.41) is 1.05. The second-order valence-electron chi connectivity index (χ2n) is 3.06. The summed E-state index contributed by atoms with van der Waals surface area (Å²) in [6, 6.07) is 0. The lowest BCUT2D eigenvalue weighted by Gasteiger charge is -2.24. The topological polar surface area (TPSA) is 18.5 Å². The molecule has 0 radical (unpaired) electrons. The second kappa shape index (κ2) is 5.12. The molecule has 0 N–H and O–H groups in total. The predicted octanol–water partition coefficient (Wildman–Crippen LogP) is 1.82. The monoisotopic (exact) mass is 222 g/mol. The molecule has 2 atom stereocenters. The maximum absolute atomic E-state index is 5.50. The van der Waals surface area contributed by atoms with Gasteiger partial charge in [0.25, 0.3) is 0 Å².